The van der Waals surface area contributed by atoms with Gasteiger partial charge >= 0.3 is 6.18 Å². The molecule has 0 atom stereocenters. The molecule has 0 saturated heterocycles. The van der Waals surface area contributed by atoms with Crippen LogP contribution in [0.4, 0.5) is 13.2 Å². The Morgan fingerprint density at radius 3 is 2.11 bits per heavy atom. The molecule has 0 aliphatic carbocycles. The van der Waals surface area contributed by atoms with E-state index >= 15 is 0 Å². The van der Waals surface area contributed by atoms with Crippen molar-refractivity contribution in [1.82, 2.24) is 0 Å². The number of rotatable bonds is 1. The van der Waals surface area contributed by atoms with Gasteiger partial charge in [-0.3, -0.25) is 0 Å². The molecule has 0 amide bonds. The molecule has 0 unspecified atom stereocenters. The maximum absolute atomic E-state index is 11.3. The Morgan fingerprint density at radius 2 is 2.00 bits per heavy atom. The predicted molar refractivity (Wildman–Crippen MR) is 27.0 cm³/mol. The van der Waals surface area contributed by atoms with Crippen LogP contribution >= 0.6 is 11.6 Å². The molecule has 54 valence electrons. The van der Waals surface area contributed by atoms with Gasteiger partial charge in [-0.05, 0) is 11.6 Å². The lowest BCUT2D eigenvalue weighted by molar-refractivity contribution is -0.0817. The minimum atomic E-state index is -4.40. The third-order valence-corrected chi connectivity index (χ3v) is 0.736. The molecular formula is C4H4ClF3O. The summed E-state index contributed by atoms with van der Waals surface area (Å²) in [5.41, 5.74) is 0. The minimum Gasteiger partial charge on any atom is -0.486 e. The summed E-state index contributed by atoms with van der Waals surface area (Å²) in [6.07, 6.45) is -4.53. The molecule has 5 heteroatoms. The Morgan fingerprint density at radius 1 is 1.56 bits per heavy atom. The van der Waals surface area contributed by atoms with E-state index in [4.69, 9.17) is 11.6 Å². The van der Waals surface area contributed by atoms with Crippen LogP contribution in [0.1, 0.15) is 0 Å². The van der Waals surface area contributed by atoms with Crippen molar-refractivity contribution >= 4 is 11.6 Å². The Kier molecular flexibility index (Phi) is 2.84. The summed E-state index contributed by atoms with van der Waals surface area (Å²) in [7, 11) is 1.06. The van der Waals surface area contributed by atoms with Crippen LogP contribution < -0.4 is 0 Å². The summed E-state index contributed by atoms with van der Waals surface area (Å²) >= 11 is 4.87. The van der Waals surface area contributed by atoms with Crippen LogP contribution in [0.25, 0.3) is 0 Å². The molecule has 0 heterocycles. The average molecular weight is 161 g/mol. The lowest BCUT2D eigenvalue weighted by Crippen LogP contribution is -2.02. The Bertz CT molecular complexity index is 117. The van der Waals surface area contributed by atoms with Crippen molar-refractivity contribution in [3.8, 4) is 0 Å². The first-order valence-corrected chi connectivity index (χ1v) is 2.32. The van der Waals surface area contributed by atoms with Crippen molar-refractivity contribution in [3.05, 3.63) is 11.3 Å². The van der Waals surface area contributed by atoms with Gasteiger partial charge in [-0.15, -0.1) is 0 Å². The molecule has 1 nitrogen and oxygen atoms in total. The van der Waals surface area contributed by atoms with Crippen LogP contribution in [0.5, 0.6) is 0 Å². The van der Waals surface area contributed by atoms with Gasteiger partial charge in [0.25, 0.3) is 0 Å². The highest BCUT2D eigenvalue weighted by Gasteiger charge is 2.24. The topological polar surface area (TPSA) is 9.23 Å². The zero-order chi connectivity index (χ0) is 7.49. The summed E-state index contributed by atoms with van der Waals surface area (Å²) in [4.78, 5) is 0. The van der Waals surface area contributed by atoms with E-state index in [2.05, 4.69) is 4.74 Å². The second-order valence-corrected chi connectivity index (χ2v) is 1.57. The first-order valence-electron chi connectivity index (χ1n) is 1.95. The number of alkyl halides is 3. The smallest absolute Gasteiger partial charge is 0.414 e. The van der Waals surface area contributed by atoms with Gasteiger partial charge in [-0.2, -0.15) is 13.2 Å². The first kappa shape index (κ1) is 8.62. The molecule has 0 N–H and O–H groups in total. The molecule has 0 rings (SSSR count). The summed E-state index contributed by atoms with van der Waals surface area (Å²) < 4.78 is 37.8. The number of hydrogen-bond donors (Lipinski definition) is 0. The predicted octanol–water partition coefficient (Wildman–Crippen LogP) is 2.28. The molecule has 0 saturated carbocycles. The summed E-state index contributed by atoms with van der Waals surface area (Å²) in [6.45, 7) is 0. The monoisotopic (exact) mass is 160 g/mol. The Labute approximate surface area is 55.1 Å². The van der Waals surface area contributed by atoms with Crippen molar-refractivity contribution in [3.63, 3.8) is 0 Å². The normalized spacial score (nSPS) is 13.7. The molecule has 0 fully saturated rings. The number of ether oxygens (including phenoxy) is 1. The molecule has 9 heavy (non-hydrogen) atoms. The Hall–Kier alpha value is -0.380. The van der Waals surface area contributed by atoms with Crippen LogP contribution in [0.3, 0.4) is 0 Å². The maximum Gasteiger partial charge on any atom is 0.414 e. The van der Waals surface area contributed by atoms with Gasteiger partial charge in [0.2, 0.25) is 0 Å². The van der Waals surface area contributed by atoms with Crippen LogP contribution in [0.15, 0.2) is 11.3 Å². The number of halogens is 4. The highest BCUT2D eigenvalue weighted by Crippen LogP contribution is 2.19. The zero-order valence-corrected chi connectivity index (χ0v) is 5.25. The average Bonchev–Trinajstić information content (AvgIpc) is 1.62. The van der Waals surface area contributed by atoms with Crippen LogP contribution in [0.2, 0.25) is 0 Å². The third kappa shape index (κ3) is 5.49. The molecular weight excluding hydrogens is 156 g/mol. The van der Waals surface area contributed by atoms with E-state index in [0.29, 0.717) is 0 Å². The largest absolute Gasteiger partial charge is 0.486 e. The molecule has 0 spiro atoms. The van der Waals surface area contributed by atoms with Crippen LogP contribution in [-0.4, -0.2) is 13.3 Å². The summed E-state index contributed by atoms with van der Waals surface area (Å²) in [5.74, 6) is 0. The fraction of sp³-hybridized carbons (Fsp3) is 0.500. The van der Waals surface area contributed by atoms with Gasteiger partial charge in [0.05, 0.1) is 13.2 Å². The van der Waals surface area contributed by atoms with Crippen molar-refractivity contribution < 1.29 is 17.9 Å². The number of methoxy groups -OCH3 is 1. The maximum atomic E-state index is 11.3. The van der Waals surface area contributed by atoms with Gasteiger partial charge in [-0.1, -0.05) is 0 Å². The number of hydrogen-bond acceptors (Lipinski definition) is 1. The highest BCUT2D eigenvalue weighted by atomic mass is 35.5. The second kappa shape index (κ2) is 2.96. The third-order valence-electron chi connectivity index (χ3n) is 0.472. The molecule has 0 aliphatic heterocycles. The van der Waals surface area contributed by atoms with Crippen LogP contribution in [-0.2, 0) is 4.74 Å². The van der Waals surface area contributed by atoms with Crippen LogP contribution in [0, 0.1) is 0 Å². The van der Waals surface area contributed by atoms with Gasteiger partial charge in [0, 0.05) is 0 Å². The van der Waals surface area contributed by atoms with Crippen molar-refractivity contribution in [2.24, 2.45) is 0 Å². The standard InChI is InChI=1S/C4H4ClF3O/c1-9-3(5)2-4(6,7)8/h2H,1H3/b3-2+. The summed E-state index contributed by atoms with van der Waals surface area (Å²) in [6, 6.07) is 0. The fourth-order valence-corrected chi connectivity index (χ4v) is 0.311. The van der Waals surface area contributed by atoms with E-state index in [-0.39, 0.29) is 6.08 Å². The lowest BCUT2D eigenvalue weighted by atomic mass is 10.6. The van der Waals surface area contributed by atoms with E-state index in [9.17, 15) is 13.2 Å². The van der Waals surface area contributed by atoms with E-state index < -0.39 is 11.4 Å². The van der Waals surface area contributed by atoms with E-state index in [1.54, 1.807) is 0 Å². The SMILES string of the molecule is CO/C(Cl)=C/C(F)(F)F. The molecule has 0 bridgehead atoms. The Balaban J connectivity index is 3.95. The van der Waals surface area contributed by atoms with Crippen molar-refractivity contribution in [2.75, 3.05) is 7.11 Å². The first-order chi connectivity index (χ1) is 3.95. The summed E-state index contributed by atoms with van der Waals surface area (Å²) in [5, 5.41) is -0.664. The van der Waals surface area contributed by atoms with Gasteiger partial charge in [-0.25, -0.2) is 0 Å². The fourth-order valence-electron chi connectivity index (χ4n) is 0.188. The zero-order valence-electron chi connectivity index (χ0n) is 4.50. The van der Waals surface area contributed by atoms with E-state index in [1.165, 1.54) is 0 Å². The van der Waals surface area contributed by atoms with Crippen molar-refractivity contribution in [1.29, 1.82) is 0 Å². The molecule has 0 aromatic rings. The highest BCUT2D eigenvalue weighted by molar-refractivity contribution is 6.28. The molecule has 0 aromatic carbocycles. The second-order valence-electron chi connectivity index (χ2n) is 1.19. The molecule has 0 radical (unpaired) electrons. The van der Waals surface area contributed by atoms with E-state index in [1.807, 2.05) is 0 Å². The van der Waals surface area contributed by atoms with Gasteiger partial charge < -0.3 is 4.74 Å². The van der Waals surface area contributed by atoms with Crippen molar-refractivity contribution in [2.45, 2.75) is 6.18 Å². The quantitative estimate of drug-likeness (QED) is 0.535. The van der Waals surface area contributed by atoms with Gasteiger partial charge in [0.15, 0.2) is 5.22 Å². The number of allylic oxidation sites excluding steroid dienone is 1. The van der Waals surface area contributed by atoms with Gasteiger partial charge in [0.1, 0.15) is 0 Å². The molecule has 0 aromatic heterocycles. The lowest BCUT2D eigenvalue weighted by Gasteiger charge is -1.99. The van der Waals surface area contributed by atoms with E-state index in [0.717, 1.165) is 7.11 Å². The molecule has 0 aliphatic rings. The minimum absolute atomic E-state index is 0.130.